The van der Waals surface area contributed by atoms with Crippen LogP contribution in [0.25, 0.3) is 0 Å². The fraction of sp³-hybridized carbons (Fsp3) is 0.933. The van der Waals surface area contributed by atoms with E-state index in [2.05, 4.69) is 29.4 Å². The number of nitrogens with one attached hydrogen (secondary N) is 2. The van der Waals surface area contributed by atoms with E-state index in [1.807, 2.05) is 0 Å². The molecule has 2 atom stereocenters. The van der Waals surface area contributed by atoms with Crippen LogP contribution >= 0.6 is 0 Å². The molecule has 1 aliphatic heterocycles. The molecule has 0 aromatic heterocycles. The second-order valence-corrected chi connectivity index (χ2v) is 6.13. The summed E-state index contributed by atoms with van der Waals surface area (Å²) in [5, 5.41) is 6.59. The van der Waals surface area contributed by atoms with Crippen molar-refractivity contribution in [3.63, 3.8) is 0 Å². The van der Waals surface area contributed by atoms with Gasteiger partial charge in [-0.15, -0.1) is 0 Å². The van der Waals surface area contributed by atoms with E-state index in [1.54, 1.807) is 0 Å². The quantitative estimate of drug-likeness (QED) is 0.732. The summed E-state index contributed by atoms with van der Waals surface area (Å²) in [6.45, 7) is 7.92. The maximum Gasteiger partial charge on any atom is 0.234 e. The Morgan fingerprint density at radius 1 is 1.32 bits per heavy atom. The minimum atomic E-state index is 0.211. The molecule has 19 heavy (non-hydrogen) atoms. The first kappa shape index (κ1) is 14.8. The lowest BCUT2D eigenvalue weighted by Gasteiger charge is -2.39. The molecule has 0 aromatic rings. The summed E-state index contributed by atoms with van der Waals surface area (Å²) >= 11 is 0. The Morgan fingerprint density at radius 3 is 2.79 bits per heavy atom. The molecular formula is C15H29N3O. The number of hydrogen-bond acceptors (Lipinski definition) is 3. The molecule has 1 aliphatic carbocycles. The van der Waals surface area contributed by atoms with Gasteiger partial charge in [0.25, 0.3) is 0 Å². The van der Waals surface area contributed by atoms with Crippen LogP contribution in [0.15, 0.2) is 0 Å². The predicted octanol–water partition coefficient (Wildman–Crippen LogP) is 1.37. The van der Waals surface area contributed by atoms with E-state index in [-0.39, 0.29) is 5.91 Å². The Morgan fingerprint density at radius 2 is 2.11 bits per heavy atom. The van der Waals surface area contributed by atoms with Crippen molar-refractivity contribution in [2.45, 2.75) is 58.0 Å². The zero-order valence-electron chi connectivity index (χ0n) is 12.5. The van der Waals surface area contributed by atoms with Crippen LogP contribution in [0, 0.1) is 5.92 Å². The Bertz CT molecular complexity index is 291. The third kappa shape index (κ3) is 4.77. The van der Waals surface area contributed by atoms with Crippen molar-refractivity contribution in [3.05, 3.63) is 0 Å². The molecule has 0 spiro atoms. The molecule has 1 saturated carbocycles. The Balaban J connectivity index is 1.78. The Labute approximate surface area is 117 Å². The highest BCUT2D eigenvalue weighted by molar-refractivity contribution is 5.78. The zero-order valence-corrected chi connectivity index (χ0v) is 12.5. The van der Waals surface area contributed by atoms with Gasteiger partial charge in [0, 0.05) is 18.6 Å². The summed E-state index contributed by atoms with van der Waals surface area (Å²) in [6, 6.07) is 0.988. The molecule has 2 N–H and O–H groups in total. The van der Waals surface area contributed by atoms with Crippen LogP contribution in [0.1, 0.15) is 46.0 Å². The first-order valence-electron chi connectivity index (χ1n) is 7.94. The number of piperidine rings is 1. The van der Waals surface area contributed by atoms with Gasteiger partial charge in [-0.1, -0.05) is 13.3 Å². The molecule has 0 aromatic carbocycles. The lowest BCUT2D eigenvalue weighted by molar-refractivity contribution is -0.123. The largest absolute Gasteiger partial charge is 0.355 e. The predicted molar refractivity (Wildman–Crippen MR) is 78.1 cm³/mol. The molecule has 2 unspecified atom stereocenters. The number of likely N-dealkylation sites (N-methyl/N-ethyl adjacent to an activating group) is 1. The van der Waals surface area contributed by atoms with E-state index in [0.29, 0.717) is 18.6 Å². The van der Waals surface area contributed by atoms with Crippen molar-refractivity contribution in [2.24, 2.45) is 5.92 Å². The van der Waals surface area contributed by atoms with Gasteiger partial charge in [-0.2, -0.15) is 0 Å². The van der Waals surface area contributed by atoms with Crippen LogP contribution in [-0.4, -0.2) is 49.1 Å². The fourth-order valence-corrected chi connectivity index (χ4v) is 3.06. The van der Waals surface area contributed by atoms with Gasteiger partial charge in [-0.3, -0.25) is 9.69 Å². The smallest absolute Gasteiger partial charge is 0.234 e. The molecule has 0 bridgehead atoms. The maximum absolute atomic E-state index is 12.0. The molecule has 1 saturated heterocycles. The number of carbonyl (C=O) groups is 1. The second kappa shape index (κ2) is 7.25. The monoisotopic (exact) mass is 267 g/mol. The minimum absolute atomic E-state index is 0.211. The average Bonchev–Trinajstić information content (AvgIpc) is 3.21. The molecule has 1 amide bonds. The van der Waals surface area contributed by atoms with Crippen molar-refractivity contribution in [3.8, 4) is 0 Å². The molecule has 2 aliphatic rings. The molecule has 2 rings (SSSR count). The van der Waals surface area contributed by atoms with Gasteiger partial charge >= 0.3 is 0 Å². The number of nitrogens with zero attached hydrogens (tertiary/aromatic N) is 1. The summed E-state index contributed by atoms with van der Waals surface area (Å²) in [5.74, 6) is 0.976. The number of amides is 1. The number of rotatable bonds is 7. The summed E-state index contributed by atoms with van der Waals surface area (Å²) in [4.78, 5) is 14.4. The third-order valence-corrected chi connectivity index (χ3v) is 4.40. The average molecular weight is 267 g/mol. The van der Waals surface area contributed by atoms with Gasteiger partial charge in [0.05, 0.1) is 6.54 Å². The van der Waals surface area contributed by atoms with E-state index >= 15 is 0 Å². The highest BCUT2D eigenvalue weighted by Gasteiger charge is 2.28. The van der Waals surface area contributed by atoms with Crippen LogP contribution in [0.5, 0.6) is 0 Å². The molecule has 2 fully saturated rings. The maximum atomic E-state index is 12.0. The third-order valence-electron chi connectivity index (χ3n) is 4.40. The molecule has 0 radical (unpaired) electrons. The van der Waals surface area contributed by atoms with Gasteiger partial charge in [0.2, 0.25) is 5.91 Å². The van der Waals surface area contributed by atoms with Crippen molar-refractivity contribution in [1.29, 1.82) is 0 Å². The summed E-state index contributed by atoms with van der Waals surface area (Å²) < 4.78 is 0. The van der Waals surface area contributed by atoms with Crippen LogP contribution in [-0.2, 0) is 4.79 Å². The normalized spacial score (nSPS) is 26.1. The van der Waals surface area contributed by atoms with Crippen LogP contribution < -0.4 is 10.6 Å². The molecular weight excluding hydrogens is 238 g/mol. The SMILES string of the molecule is CCNC(C)C1CCCCN1CC(=O)NCC1CC1. The highest BCUT2D eigenvalue weighted by Crippen LogP contribution is 2.27. The van der Waals surface area contributed by atoms with Gasteiger partial charge < -0.3 is 10.6 Å². The molecule has 4 nitrogen and oxygen atoms in total. The Hall–Kier alpha value is -0.610. The Kier molecular flexibility index (Phi) is 5.64. The summed E-state index contributed by atoms with van der Waals surface area (Å²) in [7, 11) is 0. The first-order valence-corrected chi connectivity index (χ1v) is 7.94. The first-order chi connectivity index (χ1) is 9.20. The molecule has 1 heterocycles. The van der Waals surface area contributed by atoms with Crippen LogP contribution in [0.4, 0.5) is 0 Å². The van der Waals surface area contributed by atoms with Gasteiger partial charge in [-0.25, -0.2) is 0 Å². The lowest BCUT2D eigenvalue weighted by atomic mass is 9.96. The van der Waals surface area contributed by atoms with Gasteiger partial charge in [0.15, 0.2) is 0 Å². The van der Waals surface area contributed by atoms with Gasteiger partial charge in [-0.05, 0) is 51.6 Å². The van der Waals surface area contributed by atoms with Crippen molar-refractivity contribution >= 4 is 5.91 Å². The van der Waals surface area contributed by atoms with Crippen LogP contribution in [0.2, 0.25) is 0 Å². The summed E-state index contributed by atoms with van der Waals surface area (Å²) in [6.07, 6.45) is 6.32. The fourth-order valence-electron chi connectivity index (χ4n) is 3.06. The lowest BCUT2D eigenvalue weighted by Crippen LogP contribution is -2.53. The van der Waals surface area contributed by atoms with E-state index in [9.17, 15) is 4.79 Å². The summed E-state index contributed by atoms with van der Waals surface area (Å²) in [5.41, 5.74) is 0. The van der Waals surface area contributed by atoms with Crippen molar-refractivity contribution in [1.82, 2.24) is 15.5 Å². The minimum Gasteiger partial charge on any atom is -0.355 e. The topological polar surface area (TPSA) is 44.4 Å². The van der Waals surface area contributed by atoms with Crippen LogP contribution in [0.3, 0.4) is 0 Å². The van der Waals surface area contributed by atoms with Crippen molar-refractivity contribution in [2.75, 3.05) is 26.2 Å². The molecule has 4 heteroatoms. The highest BCUT2D eigenvalue weighted by atomic mass is 16.2. The standard InChI is InChI=1S/C15H29N3O/c1-3-16-12(2)14-6-4-5-9-18(14)11-15(19)17-10-13-7-8-13/h12-14,16H,3-11H2,1-2H3,(H,17,19). The van der Waals surface area contributed by atoms with E-state index in [0.717, 1.165) is 25.6 Å². The van der Waals surface area contributed by atoms with E-state index < -0.39 is 0 Å². The number of carbonyl (C=O) groups excluding carboxylic acids is 1. The molecule has 110 valence electrons. The van der Waals surface area contributed by atoms with Crippen molar-refractivity contribution < 1.29 is 4.79 Å². The second-order valence-electron chi connectivity index (χ2n) is 6.13. The van der Waals surface area contributed by atoms with Gasteiger partial charge in [0.1, 0.15) is 0 Å². The number of hydrogen-bond donors (Lipinski definition) is 2. The van der Waals surface area contributed by atoms with E-state index in [1.165, 1.54) is 32.1 Å². The van der Waals surface area contributed by atoms with E-state index in [4.69, 9.17) is 0 Å². The zero-order chi connectivity index (χ0) is 13.7. The number of likely N-dealkylation sites (tertiary alicyclic amines) is 1.